The van der Waals surface area contributed by atoms with Gasteiger partial charge >= 0.3 is 12.0 Å². The molecule has 1 saturated heterocycles. The molecular formula is C15H16ClFN2O4. The van der Waals surface area contributed by atoms with E-state index in [0.29, 0.717) is 5.56 Å². The van der Waals surface area contributed by atoms with Gasteiger partial charge in [0.05, 0.1) is 11.4 Å². The molecule has 1 aliphatic rings. The van der Waals surface area contributed by atoms with E-state index < -0.39 is 29.3 Å². The molecule has 3 amide bonds. The van der Waals surface area contributed by atoms with Crippen molar-refractivity contribution in [1.29, 1.82) is 0 Å². The minimum Gasteiger partial charge on any atom is -0.461 e. The molecule has 0 saturated carbocycles. The molecule has 2 rings (SSSR count). The molecule has 1 aromatic carbocycles. The highest BCUT2D eigenvalue weighted by Crippen LogP contribution is 2.19. The lowest BCUT2D eigenvalue weighted by molar-refractivity contribution is -0.145. The van der Waals surface area contributed by atoms with E-state index in [0.717, 1.165) is 11.0 Å². The summed E-state index contributed by atoms with van der Waals surface area (Å²) in [7, 11) is 0. The fraction of sp³-hybridized carbons (Fsp3) is 0.400. The Kier molecular flexibility index (Phi) is 4.89. The summed E-state index contributed by atoms with van der Waals surface area (Å²) in [6.45, 7) is 3.00. The molecule has 0 unspecified atom stereocenters. The van der Waals surface area contributed by atoms with Gasteiger partial charge in [0.1, 0.15) is 18.0 Å². The molecule has 1 N–H and O–H groups in total. The van der Waals surface area contributed by atoms with Crippen molar-refractivity contribution in [2.24, 2.45) is 0 Å². The van der Waals surface area contributed by atoms with Gasteiger partial charge in [0.25, 0.3) is 5.91 Å². The number of carbonyl (C=O) groups is 3. The van der Waals surface area contributed by atoms with Gasteiger partial charge in [0.2, 0.25) is 0 Å². The van der Waals surface area contributed by atoms with E-state index in [-0.39, 0.29) is 24.6 Å². The van der Waals surface area contributed by atoms with Crippen LogP contribution >= 0.6 is 11.6 Å². The number of nitrogens with zero attached hydrogens (tertiary/aromatic N) is 1. The number of esters is 1. The van der Waals surface area contributed by atoms with E-state index >= 15 is 0 Å². The van der Waals surface area contributed by atoms with E-state index in [1.807, 2.05) is 0 Å². The van der Waals surface area contributed by atoms with Crippen molar-refractivity contribution >= 4 is 29.5 Å². The predicted octanol–water partition coefficient (Wildman–Crippen LogP) is 2.24. The third-order valence-corrected chi connectivity index (χ3v) is 3.74. The number of amides is 3. The molecule has 23 heavy (non-hydrogen) atoms. The fourth-order valence-corrected chi connectivity index (χ4v) is 2.32. The van der Waals surface area contributed by atoms with Gasteiger partial charge in [0.15, 0.2) is 0 Å². The predicted molar refractivity (Wildman–Crippen MR) is 80.1 cm³/mol. The summed E-state index contributed by atoms with van der Waals surface area (Å²) >= 11 is 5.83. The highest BCUT2D eigenvalue weighted by atomic mass is 35.5. The maximum atomic E-state index is 12.9. The molecule has 0 aromatic heterocycles. The molecule has 0 radical (unpaired) electrons. The Morgan fingerprint density at radius 2 is 2.09 bits per heavy atom. The van der Waals surface area contributed by atoms with Crippen LogP contribution in [0.1, 0.15) is 25.8 Å². The fourth-order valence-electron chi connectivity index (χ4n) is 2.09. The maximum Gasteiger partial charge on any atom is 0.325 e. The third-order valence-electron chi connectivity index (χ3n) is 3.39. The van der Waals surface area contributed by atoms with Gasteiger partial charge < -0.3 is 10.1 Å². The van der Waals surface area contributed by atoms with E-state index in [1.165, 1.54) is 12.1 Å². The lowest BCUT2D eigenvalue weighted by Crippen LogP contribution is -2.40. The minimum absolute atomic E-state index is 0.0654. The molecule has 0 aliphatic carbocycles. The van der Waals surface area contributed by atoms with Crippen LogP contribution in [-0.2, 0) is 20.9 Å². The van der Waals surface area contributed by atoms with E-state index in [9.17, 15) is 18.8 Å². The largest absolute Gasteiger partial charge is 0.461 e. The third kappa shape index (κ3) is 3.98. The molecule has 1 aliphatic heterocycles. The zero-order valence-electron chi connectivity index (χ0n) is 12.7. The van der Waals surface area contributed by atoms with Crippen molar-refractivity contribution in [2.45, 2.75) is 32.4 Å². The smallest absolute Gasteiger partial charge is 0.325 e. The van der Waals surface area contributed by atoms with E-state index in [1.54, 1.807) is 13.8 Å². The Balaban J connectivity index is 1.84. The number of imide groups is 1. The Labute approximate surface area is 137 Å². The Morgan fingerprint density at radius 1 is 1.39 bits per heavy atom. The minimum atomic E-state index is -0.970. The molecule has 8 heteroatoms. The normalized spacial score (nSPS) is 16.4. The van der Waals surface area contributed by atoms with Crippen molar-refractivity contribution in [3.8, 4) is 0 Å². The van der Waals surface area contributed by atoms with E-state index in [4.69, 9.17) is 16.3 Å². The molecule has 1 fully saturated rings. The average molecular weight is 343 g/mol. The average Bonchev–Trinajstić information content (AvgIpc) is 2.64. The highest BCUT2D eigenvalue weighted by molar-refractivity contribution is 6.31. The Hall–Kier alpha value is -2.15. The number of hydrogen-bond donors (Lipinski definition) is 1. The van der Waals surface area contributed by atoms with Crippen molar-refractivity contribution in [3.63, 3.8) is 0 Å². The number of carbonyl (C=O) groups excluding carboxylic acids is 3. The number of hydrogen-bond acceptors (Lipinski definition) is 4. The summed E-state index contributed by atoms with van der Waals surface area (Å²) in [5.41, 5.74) is -0.500. The second-order valence-electron chi connectivity index (χ2n) is 5.66. The Bertz CT molecular complexity index is 663. The van der Waals surface area contributed by atoms with Gasteiger partial charge in [-0.2, -0.15) is 0 Å². The van der Waals surface area contributed by atoms with Gasteiger partial charge in [0, 0.05) is 12.1 Å². The summed E-state index contributed by atoms with van der Waals surface area (Å²) in [5.74, 6) is -1.46. The van der Waals surface area contributed by atoms with Crippen LogP contribution in [-0.4, -0.2) is 34.9 Å². The van der Waals surface area contributed by atoms with E-state index in [2.05, 4.69) is 5.32 Å². The molecule has 6 nitrogen and oxygen atoms in total. The van der Waals surface area contributed by atoms with Crippen molar-refractivity contribution in [2.75, 3.05) is 6.54 Å². The number of benzene rings is 1. The molecular weight excluding hydrogens is 327 g/mol. The number of halogens is 2. The van der Waals surface area contributed by atoms with Gasteiger partial charge in [-0.15, -0.1) is 0 Å². The lowest BCUT2D eigenvalue weighted by atomic mass is 10.1. The second kappa shape index (κ2) is 6.54. The number of rotatable bonds is 5. The number of ether oxygens (including phenoxy) is 1. The first-order chi connectivity index (χ1) is 10.7. The number of urea groups is 1. The lowest BCUT2D eigenvalue weighted by Gasteiger charge is -2.15. The van der Waals surface area contributed by atoms with Gasteiger partial charge in [-0.1, -0.05) is 17.7 Å². The van der Waals surface area contributed by atoms with Crippen LogP contribution in [0.2, 0.25) is 5.02 Å². The summed E-state index contributed by atoms with van der Waals surface area (Å²) in [6, 6.07) is 3.23. The summed E-state index contributed by atoms with van der Waals surface area (Å²) < 4.78 is 17.9. The first-order valence-electron chi connectivity index (χ1n) is 6.94. The van der Waals surface area contributed by atoms with Crippen molar-refractivity contribution in [1.82, 2.24) is 10.2 Å². The summed E-state index contributed by atoms with van der Waals surface area (Å²) in [4.78, 5) is 36.3. The maximum absolute atomic E-state index is 12.9. The van der Waals surface area contributed by atoms with Crippen LogP contribution in [0.5, 0.6) is 0 Å². The van der Waals surface area contributed by atoms with Crippen LogP contribution in [0.3, 0.4) is 0 Å². The van der Waals surface area contributed by atoms with Crippen LogP contribution in [0, 0.1) is 5.82 Å². The molecule has 0 spiro atoms. The Morgan fingerprint density at radius 3 is 2.65 bits per heavy atom. The molecule has 0 atom stereocenters. The molecule has 1 aromatic rings. The second-order valence-corrected chi connectivity index (χ2v) is 6.07. The van der Waals surface area contributed by atoms with Crippen LogP contribution in [0.4, 0.5) is 9.18 Å². The summed E-state index contributed by atoms with van der Waals surface area (Å²) in [5, 5.41) is 2.68. The van der Waals surface area contributed by atoms with Gasteiger partial charge in [-0.05, 0) is 26.0 Å². The van der Waals surface area contributed by atoms with Crippen molar-refractivity contribution < 1.29 is 23.5 Å². The SMILES string of the molecule is CC1(C)NC(=O)N(CCC(=O)OCc2ccc(F)cc2Cl)C1=O. The van der Waals surface area contributed by atoms with Crippen LogP contribution in [0.25, 0.3) is 0 Å². The zero-order valence-corrected chi connectivity index (χ0v) is 13.4. The zero-order chi connectivity index (χ0) is 17.2. The first kappa shape index (κ1) is 17.2. The molecule has 1 heterocycles. The van der Waals surface area contributed by atoms with Crippen LogP contribution < -0.4 is 5.32 Å². The monoisotopic (exact) mass is 342 g/mol. The first-order valence-corrected chi connectivity index (χ1v) is 7.32. The van der Waals surface area contributed by atoms with Crippen LogP contribution in [0.15, 0.2) is 18.2 Å². The molecule has 0 bridgehead atoms. The molecule has 124 valence electrons. The highest BCUT2D eigenvalue weighted by Gasteiger charge is 2.44. The standard InChI is InChI=1S/C15H16ClFN2O4/c1-15(2)13(21)19(14(22)18-15)6-5-12(20)23-8-9-3-4-10(17)7-11(9)16/h3-4,7H,5-6,8H2,1-2H3,(H,18,22). The van der Waals surface area contributed by atoms with Gasteiger partial charge in [-0.3, -0.25) is 14.5 Å². The topological polar surface area (TPSA) is 75.7 Å². The van der Waals surface area contributed by atoms with Gasteiger partial charge in [-0.25, -0.2) is 9.18 Å². The summed E-state index contributed by atoms with van der Waals surface area (Å²) in [6.07, 6.45) is -0.131. The quantitative estimate of drug-likeness (QED) is 0.657. The number of nitrogens with one attached hydrogen (secondary N) is 1. The van der Waals surface area contributed by atoms with Crippen molar-refractivity contribution in [3.05, 3.63) is 34.6 Å².